The lowest BCUT2D eigenvalue weighted by atomic mass is 10.1. The Bertz CT molecular complexity index is 377. The lowest BCUT2D eigenvalue weighted by Gasteiger charge is -2.01. The molecule has 0 aliphatic carbocycles. The molecule has 0 fully saturated rings. The summed E-state index contributed by atoms with van der Waals surface area (Å²) in [4.78, 5) is 0. The van der Waals surface area contributed by atoms with Gasteiger partial charge in [0, 0.05) is 0 Å². The molecule has 0 spiro atoms. The number of unbranched alkanes of at least 4 members (excludes halogenated alkanes) is 10. The van der Waals surface area contributed by atoms with E-state index in [2.05, 4.69) is 31.2 Å². The molecule has 0 heterocycles. The molecular weight excluding hydrogens is 268 g/mol. The maximum absolute atomic E-state index is 5.16. The Morgan fingerprint density at radius 3 is 1.86 bits per heavy atom. The molecule has 0 unspecified atom stereocenters. The van der Waals surface area contributed by atoms with E-state index in [1.165, 1.54) is 76.2 Å². The predicted molar refractivity (Wildman–Crippen MR) is 98.5 cm³/mol. The zero-order valence-electron chi connectivity index (χ0n) is 14.7. The first-order valence-corrected chi connectivity index (χ1v) is 9.17. The summed E-state index contributed by atoms with van der Waals surface area (Å²) in [5, 5.41) is 0. The molecule has 0 radical (unpaired) electrons. The van der Waals surface area contributed by atoms with Crippen LogP contribution in [-0.4, -0.2) is 7.11 Å². The molecule has 0 amide bonds. The summed E-state index contributed by atoms with van der Waals surface area (Å²) in [6, 6.07) is 8.24. The Morgan fingerprint density at radius 1 is 0.773 bits per heavy atom. The maximum atomic E-state index is 5.16. The summed E-state index contributed by atoms with van der Waals surface area (Å²) in [6.45, 7) is 2.28. The summed E-state index contributed by atoms with van der Waals surface area (Å²) < 4.78 is 5.16. The van der Waals surface area contributed by atoms with Crippen molar-refractivity contribution >= 4 is 6.08 Å². The minimum absolute atomic E-state index is 0.923. The van der Waals surface area contributed by atoms with Crippen molar-refractivity contribution in [1.82, 2.24) is 0 Å². The van der Waals surface area contributed by atoms with Gasteiger partial charge in [-0.05, 0) is 30.5 Å². The highest BCUT2D eigenvalue weighted by molar-refractivity contribution is 5.50. The highest BCUT2D eigenvalue weighted by atomic mass is 16.5. The molecule has 0 N–H and O–H groups in total. The highest BCUT2D eigenvalue weighted by Crippen LogP contribution is 2.14. The molecule has 124 valence electrons. The third kappa shape index (κ3) is 9.65. The second-order valence-corrected chi connectivity index (χ2v) is 6.15. The first kappa shape index (κ1) is 18.8. The molecule has 0 atom stereocenters. The van der Waals surface area contributed by atoms with Crippen molar-refractivity contribution in [2.24, 2.45) is 0 Å². The Kier molecular flexibility index (Phi) is 11.5. The van der Waals surface area contributed by atoms with Crippen LogP contribution in [0, 0.1) is 0 Å². The molecule has 1 aromatic rings. The number of hydrogen-bond acceptors (Lipinski definition) is 1. The van der Waals surface area contributed by atoms with Gasteiger partial charge in [-0.1, -0.05) is 89.0 Å². The first-order chi connectivity index (χ1) is 10.9. The van der Waals surface area contributed by atoms with Crippen LogP contribution >= 0.6 is 0 Å². The molecule has 1 heteroatoms. The second-order valence-electron chi connectivity index (χ2n) is 6.15. The third-order valence-corrected chi connectivity index (χ3v) is 4.15. The molecule has 0 aliphatic rings. The Balaban J connectivity index is 1.93. The fraction of sp³-hybridized carbons (Fsp3) is 0.619. The van der Waals surface area contributed by atoms with Crippen LogP contribution in [0.1, 0.15) is 83.1 Å². The van der Waals surface area contributed by atoms with E-state index in [1.807, 2.05) is 12.1 Å². The molecule has 22 heavy (non-hydrogen) atoms. The number of benzene rings is 1. The van der Waals surface area contributed by atoms with Crippen molar-refractivity contribution in [3.63, 3.8) is 0 Å². The minimum Gasteiger partial charge on any atom is -0.497 e. The fourth-order valence-corrected chi connectivity index (χ4v) is 2.68. The molecule has 1 aromatic carbocycles. The van der Waals surface area contributed by atoms with Crippen LogP contribution in [0.5, 0.6) is 5.75 Å². The van der Waals surface area contributed by atoms with Crippen molar-refractivity contribution < 1.29 is 4.74 Å². The van der Waals surface area contributed by atoms with E-state index in [9.17, 15) is 0 Å². The third-order valence-electron chi connectivity index (χ3n) is 4.15. The number of methoxy groups -OCH3 is 1. The number of hydrogen-bond donors (Lipinski definition) is 0. The van der Waals surface area contributed by atoms with Gasteiger partial charge in [-0.3, -0.25) is 0 Å². The van der Waals surface area contributed by atoms with E-state index in [1.54, 1.807) is 7.11 Å². The van der Waals surface area contributed by atoms with Crippen LogP contribution in [0.25, 0.3) is 6.08 Å². The normalized spacial score (nSPS) is 11.2. The van der Waals surface area contributed by atoms with Crippen molar-refractivity contribution in [1.29, 1.82) is 0 Å². The minimum atomic E-state index is 0.923. The van der Waals surface area contributed by atoms with Gasteiger partial charge < -0.3 is 4.74 Å². The smallest absolute Gasteiger partial charge is 0.118 e. The SMILES string of the molecule is CCCCCCCCCCCCC=Cc1ccc(OC)cc1. The second kappa shape index (κ2) is 13.4. The zero-order chi connectivity index (χ0) is 15.9. The maximum Gasteiger partial charge on any atom is 0.118 e. The first-order valence-electron chi connectivity index (χ1n) is 9.17. The Labute approximate surface area is 137 Å². The van der Waals surface area contributed by atoms with Crippen LogP contribution in [0.2, 0.25) is 0 Å². The van der Waals surface area contributed by atoms with Crippen LogP contribution in [-0.2, 0) is 0 Å². The van der Waals surface area contributed by atoms with Gasteiger partial charge in [-0.25, -0.2) is 0 Å². The summed E-state index contributed by atoms with van der Waals surface area (Å²) in [5.41, 5.74) is 1.26. The van der Waals surface area contributed by atoms with E-state index in [4.69, 9.17) is 4.74 Å². The van der Waals surface area contributed by atoms with Gasteiger partial charge in [-0.2, -0.15) is 0 Å². The predicted octanol–water partition coefficient (Wildman–Crippen LogP) is 7.02. The van der Waals surface area contributed by atoms with E-state index in [-0.39, 0.29) is 0 Å². The van der Waals surface area contributed by atoms with Gasteiger partial charge in [-0.15, -0.1) is 0 Å². The van der Waals surface area contributed by atoms with Crippen LogP contribution in [0.15, 0.2) is 30.3 Å². The number of rotatable bonds is 13. The van der Waals surface area contributed by atoms with Gasteiger partial charge in [0.1, 0.15) is 5.75 Å². The quantitative estimate of drug-likeness (QED) is 0.356. The van der Waals surface area contributed by atoms with Gasteiger partial charge in [0.25, 0.3) is 0 Å². The molecule has 0 saturated heterocycles. The zero-order valence-corrected chi connectivity index (χ0v) is 14.7. The van der Waals surface area contributed by atoms with Gasteiger partial charge in [0.2, 0.25) is 0 Å². The van der Waals surface area contributed by atoms with Crippen LogP contribution < -0.4 is 4.74 Å². The molecule has 0 bridgehead atoms. The summed E-state index contributed by atoms with van der Waals surface area (Å²) in [5.74, 6) is 0.923. The van der Waals surface area contributed by atoms with E-state index in [0.29, 0.717) is 0 Å². The monoisotopic (exact) mass is 302 g/mol. The molecule has 0 aromatic heterocycles. The van der Waals surface area contributed by atoms with E-state index >= 15 is 0 Å². The van der Waals surface area contributed by atoms with Crippen LogP contribution in [0.4, 0.5) is 0 Å². The molecule has 0 aliphatic heterocycles. The summed E-state index contributed by atoms with van der Waals surface area (Å²) in [7, 11) is 1.70. The summed E-state index contributed by atoms with van der Waals surface area (Å²) >= 11 is 0. The number of allylic oxidation sites excluding steroid dienone is 1. The van der Waals surface area contributed by atoms with Crippen molar-refractivity contribution in [2.75, 3.05) is 7.11 Å². The topological polar surface area (TPSA) is 9.23 Å². The number of ether oxygens (including phenoxy) is 1. The molecule has 0 saturated carbocycles. The Morgan fingerprint density at radius 2 is 1.32 bits per heavy atom. The van der Waals surface area contributed by atoms with Crippen molar-refractivity contribution in [2.45, 2.75) is 77.6 Å². The lowest BCUT2D eigenvalue weighted by molar-refractivity contribution is 0.415. The van der Waals surface area contributed by atoms with Gasteiger partial charge in [0.15, 0.2) is 0 Å². The van der Waals surface area contributed by atoms with Crippen molar-refractivity contribution in [3.05, 3.63) is 35.9 Å². The van der Waals surface area contributed by atoms with E-state index in [0.717, 1.165) is 5.75 Å². The standard InChI is InChI=1S/C21H34O/c1-3-4-5-6-7-8-9-10-11-12-13-14-15-20-16-18-21(22-2)19-17-20/h14-19H,3-13H2,1-2H3. The molecular formula is C21H34O. The largest absolute Gasteiger partial charge is 0.497 e. The fourth-order valence-electron chi connectivity index (χ4n) is 2.68. The van der Waals surface area contributed by atoms with Crippen LogP contribution in [0.3, 0.4) is 0 Å². The Hall–Kier alpha value is -1.24. The van der Waals surface area contributed by atoms with Crippen molar-refractivity contribution in [3.8, 4) is 5.75 Å². The molecule has 1 nitrogen and oxygen atoms in total. The van der Waals surface area contributed by atoms with E-state index < -0.39 is 0 Å². The summed E-state index contributed by atoms with van der Waals surface area (Å²) in [6.07, 6.45) is 19.8. The highest BCUT2D eigenvalue weighted by Gasteiger charge is 1.92. The van der Waals surface area contributed by atoms with Gasteiger partial charge in [0.05, 0.1) is 7.11 Å². The average molecular weight is 303 g/mol. The van der Waals surface area contributed by atoms with Gasteiger partial charge >= 0.3 is 0 Å². The lowest BCUT2D eigenvalue weighted by Crippen LogP contribution is -1.82. The average Bonchev–Trinajstić information content (AvgIpc) is 2.56. The molecule has 1 rings (SSSR count).